The van der Waals surface area contributed by atoms with Crippen LogP contribution in [0.3, 0.4) is 0 Å². The molecule has 170 valence electrons. The summed E-state index contributed by atoms with van der Waals surface area (Å²) in [4.78, 5) is 25.8. The van der Waals surface area contributed by atoms with Crippen molar-refractivity contribution in [2.75, 3.05) is 20.2 Å². The fourth-order valence-corrected chi connectivity index (χ4v) is 5.05. The van der Waals surface area contributed by atoms with Gasteiger partial charge in [-0.25, -0.2) is 9.59 Å². The zero-order valence-electron chi connectivity index (χ0n) is 17.4. The molecule has 1 N–H and O–H groups in total. The molecule has 1 heterocycles. The number of hydrogen-bond donors (Lipinski definition) is 1. The molecule has 32 heavy (non-hydrogen) atoms. The van der Waals surface area contributed by atoms with Crippen LogP contribution in [-0.4, -0.2) is 48.4 Å². The lowest BCUT2D eigenvalue weighted by molar-refractivity contribution is 0.0597. The number of fused-ring (bicyclic) bond motifs is 1. The van der Waals surface area contributed by atoms with Crippen molar-refractivity contribution in [3.63, 3.8) is 0 Å². The number of benzene rings is 2. The van der Waals surface area contributed by atoms with Gasteiger partial charge in [-0.2, -0.15) is 0 Å². The molecule has 2 aliphatic rings. The third kappa shape index (κ3) is 5.05. The maximum atomic E-state index is 12.5. The molecule has 2 unspecified atom stereocenters. The van der Waals surface area contributed by atoms with E-state index in [1.54, 1.807) is 29.2 Å². The van der Waals surface area contributed by atoms with Crippen molar-refractivity contribution in [1.29, 1.82) is 0 Å². The van der Waals surface area contributed by atoms with Gasteiger partial charge in [0.05, 0.1) is 13.2 Å². The summed E-state index contributed by atoms with van der Waals surface area (Å²) in [7, 11) is 1.26. The van der Waals surface area contributed by atoms with Crippen LogP contribution in [0.4, 0.5) is 4.79 Å². The largest absolute Gasteiger partial charge is 0.507 e. The molecule has 1 aliphatic heterocycles. The highest BCUT2D eigenvalue weighted by atomic mass is 35.5. The van der Waals surface area contributed by atoms with Gasteiger partial charge < -0.3 is 24.2 Å². The Morgan fingerprint density at radius 1 is 1.06 bits per heavy atom. The van der Waals surface area contributed by atoms with E-state index in [4.69, 9.17) is 32.7 Å². The Balaban J connectivity index is 1.27. The first-order valence-corrected chi connectivity index (χ1v) is 11.0. The number of aromatic hydroxyl groups is 1. The van der Waals surface area contributed by atoms with Crippen molar-refractivity contribution in [1.82, 2.24) is 4.90 Å². The van der Waals surface area contributed by atoms with Gasteiger partial charge in [-0.05, 0) is 60.6 Å². The highest BCUT2D eigenvalue weighted by molar-refractivity contribution is 6.34. The summed E-state index contributed by atoms with van der Waals surface area (Å²) >= 11 is 12.0. The minimum Gasteiger partial charge on any atom is -0.507 e. The third-order valence-corrected chi connectivity index (χ3v) is 6.36. The molecular weight excluding hydrogens is 457 g/mol. The molecule has 0 bridgehead atoms. The Hall–Kier alpha value is -2.64. The smallest absolute Gasteiger partial charge is 0.410 e. The molecule has 1 aliphatic carbocycles. The fourth-order valence-electron chi connectivity index (χ4n) is 4.48. The lowest BCUT2D eigenvalue weighted by Gasteiger charge is -2.20. The minimum atomic E-state index is -0.602. The van der Waals surface area contributed by atoms with Crippen molar-refractivity contribution in [2.24, 2.45) is 11.8 Å². The molecule has 0 aromatic heterocycles. The number of halogens is 2. The van der Waals surface area contributed by atoms with Crippen LogP contribution in [0.5, 0.6) is 11.5 Å². The molecule has 2 fully saturated rings. The van der Waals surface area contributed by atoms with Crippen molar-refractivity contribution in [3.8, 4) is 11.5 Å². The van der Waals surface area contributed by atoms with Gasteiger partial charge in [-0.3, -0.25) is 0 Å². The number of carbonyl (C=O) groups excluding carboxylic acids is 2. The van der Waals surface area contributed by atoms with Crippen molar-refractivity contribution in [2.45, 2.75) is 25.6 Å². The van der Waals surface area contributed by atoms with Crippen molar-refractivity contribution in [3.05, 3.63) is 57.6 Å². The lowest BCUT2D eigenvalue weighted by Crippen LogP contribution is -2.31. The Morgan fingerprint density at radius 3 is 2.31 bits per heavy atom. The monoisotopic (exact) mass is 479 g/mol. The normalized spacial score (nSPS) is 21.8. The second kappa shape index (κ2) is 9.46. The maximum Gasteiger partial charge on any atom is 0.410 e. The molecule has 4 rings (SSSR count). The van der Waals surface area contributed by atoms with Crippen LogP contribution >= 0.6 is 23.2 Å². The number of rotatable bonds is 5. The fraction of sp³-hybridized carbons (Fsp3) is 0.391. The van der Waals surface area contributed by atoms with Crippen LogP contribution < -0.4 is 4.74 Å². The van der Waals surface area contributed by atoms with Gasteiger partial charge >= 0.3 is 12.1 Å². The van der Waals surface area contributed by atoms with Gasteiger partial charge in [0.1, 0.15) is 23.7 Å². The highest BCUT2D eigenvalue weighted by Crippen LogP contribution is 2.40. The number of methoxy groups -OCH3 is 1. The first-order valence-electron chi connectivity index (χ1n) is 10.3. The average molecular weight is 480 g/mol. The van der Waals surface area contributed by atoms with Crippen LogP contribution in [0.2, 0.25) is 10.0 Å². The number of nitrogens with zero attached hydrogens (tertiary/aromatic N) is 1. The summed E-state index contributed by atoms with van der Waals surface area (Å²) in [6.45, 7) is 1.35. The van der Waals surface area contributed by atoms with Gasteiger partial charge in [-0.15, -0.1) is 0 Å². The quantitative estimate of drug-likeness (QED) is 0.613. The molecule has 9 heteroatoms. The van der Waals surface area contributed by atoms with Gasteiger partial charge in [-0.1, -0.05) is 23.2 Å². The first kappa shape index (κ1) is 22.6. The number of esters is 1. The average Bonchev–Trinajstić information content (AvgIpc) is 3.29. The third-order valence-electron chi connectivity index (χ3n) is 5.93. The summed E-state index contributed by atoms with van der Waals surface area (Å²) < 4.78 is 16.1. The molecular formula is C23H23Cl2NO6. The number of phenolic OH excluding ortho intramolecular Hbond substituents is 1. The van der Waals surface area contributed by atoms with Gasteiger partial charge in [0.25, 0.3) is 0 Å². The van der Waals surface area contributed by atoms with Crippen LogP contribution in [0.25, 0.3) is 0 Å². The predicted octanol–water partition coefficient (Wildman–Crippen LogP) is 4.91. The zero-order valence-corrected chi connectivity index (χ0v) is 18.9. The van der Waals surface area contributed by atoms with Crippen molar-refractivity contribution >= 4 is 35.3 Å². The Morgan fingerprint density at radius 2 is 1.72 bits per heavy atom. The van der Waals surface area contributed by atoms with E-state index < -0.39 is 5.97 Å². The number of hydrogen-bond acceptors (Lipinski definition) is 6. The van der Waals surface area contributed by atoms with Gasteiger partial charge in [0.2, 0.25) is 0 Å². The Kier molecular flexibility index (Phi) is 6.67. The topological polar surface area (TPSA) is 85.3 Å². The molecule has 0 spiro atoms. The summed E-state index contributed by atoms with van der Waals surface area (Å²) in [6, 6.07) is 9.62. The molecule has 1 saturated carbocycles. The Bertz CT molecular complexity index is 995. The summed E-state index contributed by atoms with van der Waals surface area (Å²) in [5, 5.41) is 11.0. The van der Waals surface area contributed by atoms with E-state index >= 15 is 0 Å². The van der Waals surface area contributed by atoms with Crippen LogP contribution in [0.1, 0.15) is 28.8 Å². The van der Waals surface area contributed by atoms with E-state index in [0.29, 0.717) is 40.7 Å². The predicted molar refractivity (Wildman–Crippen MR) is 118 cm³/mol. The number of likely N-dealkylation sites (tertiary alicyclic amines) is 1. The lowest BCUT2D eigenvalue weighted by atomic mass is 10.0. The van der Waals surface area contributed by atoms with Crippen LogP contribution in [-0.2, 0) is 16.1 Å². The molecule has 1 saturated heterocycles. The molecule has 2 aromatic rings. The van der Waals surface area contributed by atoms with E-state index in [1.807, 2.05) is 0 Å². The maximum absolute atomic E-state index is 12.5. The molecule has 2 aromatic carbocycles. The number of amides is 1. The summed E-state index contributed by atoms with van der Waals surface area (Å²) in [6.07, 6.45) is 1.24. The number of ether oxygens (including phenoxy) is 3. The second-order valence-electron chi connectivity index (χ2n) is 8.14. The van der Waals surface area contributed by atoms with Crippen LogP contribution in [0.15, 0.2) is 36.4 Å². The summed E-state index contributed by atoms with van der Waals surface area (Å²) in [5.41, 5.74) is 0.836. The standard InChI is InChI=1S/C23H23Cl2NO6/c1-30-22(28)20-3-2-18(9-21(20)27)32-19-6-14-10-26(11-15(14)7-19)23(29)31-12-13-4-16(24)8-17(25)5-13/h2-5,8-9,14-15,19,27H,6-7,10-12H2,1H3. The summed E-state index contributed by atoms with van der Waals surface area (Å²) in [5.74, 6) is 0.376. The van der Waals surface area contributed by atoms with Gasteiger partial charge in [0, 0.05) is 29.2 Å². The highest BCUT2D eigenvalue weighted by Gasteiger charge is 2.43. The molecule has 2 atom stereocenters. The van der Waals surface area contributed by atoms with E-state index in [1.165, 1.54) is 19.2 Å². The molecule has 1 amide bonds. The van der Waals surface area contributed by atoms with E-state index in [-0.39, 0.29) is 30.1 Å². The second-order valence-corrected chi connectivity index (χ2v) is 9.01. The van der Waals surface area contributed by atoms with Gasteiger partial charge in [0.15, 0.2) is 0 Å². The van der Waals surface area contributed by atoms with Crippen LogP contribution in [0, 0.1) is 11.8 Å². The van der Waals surface area contributed by atoms with Crippen molar-refractivity contribution < 1.29 is 28.9 Å². The van der Waals surface area contributed by atoms with E-state index in [2.05, 4.69) is 4.74 Å². The first-order chi connectivity index (χ1) is 15.3. The zero-order chi connectivity index (χ0) is 22.8. The SMILES string of the molecule is COC(=O)c1ccc(OC2CC3CN(C(=O)OCc4cc(Cl)cc(Cl)c4)CC3C2)cc1O. The Labute approximate surface area is 195 Å². The van der Waals surface area contributed by atoms with E-state index in [9.17, 15) is 14.7 Å². The molecule has 0 radical (unpaired) electrons. The number of phenols is 1. The van der Waals surface area contributed by atoms with E-state index in [0.717, 1.165) is 18.4 Å². The molecule has 7 nitrogen and oxygen atoms in total. The minimum absolute atomic E-state index is 0.0138. The number of carbonyl (C=O) groups is 2.